The number of rotatable bonds is 16. The highest BCUT2D eigenvalue weighted by molar-refractivity contribution is 6.03. The van der Waals surface area contributed by atoms with Crippen molar-refractivity contribution in [3.05, 3.63) is 65.0 Å². The molecule has 15 nitrogen and oxygen atoms in total. The summed E-state index contributed by atoms with van der Waals surface area (Å²) < 4.78 is 17.5. The van der Waals surface area contributed by atoms with Crippen molar-refractivity contribution in [2.24, 2.45) is 5.73 Å². The lowest BCUT2D eigenvalue weighted by Crippen LogP contribution is -2.40. The number of likely N-dealkylation sites (tertiary alicyclic amines) is 1. The van der Waals surface area contributed by atoms with Crippen molar-refractivity contribution >= 4 is 52.4 Å². The van der Waals surface area contributed by atoms with Gasteiger partial charge in [-0.05, 0) is 76.5 Å². The van der Waals surface area contributed by atoms with E-state index in [4.69, 9.17) is 25.2 Å². The van der Waals surface area contributed by atoms with Crippen molar-refractivity contribution < 1.29 is 23.9 Å². The second-order valence-corrected chi connectivity index (χ2v) is 12.8. The predicted molar refractivity (Wildman–Crippen MR) is 200 cm³/mol. The highest BCUT2D eigenvalue weighted by Crippen LogP contribution is 2.32. The van der Waals surface area contributed by atoms with Crippen molar-refractivity contribution in [1.29, 1.82) is 0 Å². The van der Waals surface area contributed by atoms with Crippen LogP contribution in [0, 0.1) is 6.92 Å². The SMILES string of the molecule is CCn1nc(C)cc1C(=O)Nc1nc2cc(C=O)cc(OC)c2n1C/C=C/Cn1c(NC)nc2cc(C=O)cc(OCCCN3CCC(N)CC3)c21. The quantitative estimate of drug-likeness (QED) is 0.0757. The molecule has 1 amide bonds. The zero-order valence-corrected chi connectivity index (χ0v) is 30.1. The molecule has 0 atom stereocenters. The van der Waals surface area contributed by atoms with E-state index in [0.717, 1.165) is 62.7 Å². The number of carbonyl (C=O) groups excluding carboxylic acids is 3. The molecule has 0 radical (unpaired) electrons. The minimum atomic E-state index is -0.358. The third kappa shape index (κ3) is 7.70. The minimum Gasteiger partial charge on any atom is -0.494 e. The molecule has 1 aliphatic heterocycles. The van der Waals surface area contributed by atoms with Crippen molar-refractivity contribution in [1.82, 2.24) is 33.8 Å². The van der Waals surface area contributed by atoms with Gasteiger partial charge in [-0.15, -0.1) is 0 Å². The number of nitrogens with one attached hydrogen (secondary N) is 2. The van der Waals surface area contributed by atoms with E-state index in [1.165, 1.54) is 7.11 Å². The van der Waals surface area contributed by atoms with Crippen molar-refractivity contribution in [2.45, 2.75) is 58.8 Å². The van der Waals surface area contributed by atoms with E-state index in [0.29, 0.717) is 83.0 Å². The van der Waals surface area contributed by atoms with Gasteiger partial charge in [0.05, 0.1) is 30.4 Å². The molecule has 1 aliphatic rings. The number of carbonyl (C=O) groups is 3. The highest BCUT2D eigenvalue weighted by atomic mass is 16.5. The third-order valence-electron chi connectivity index (χ3n) is 9.28. The van der Waals surface area contributed by atoms with Gasteiger partial charge in [0.15, 0.2) is 0 Å². The number of allylic oxidation sites excluding steroid dienone is 2. The lowest BCUT2D eigenvalue weighted by molar-refractivity contribution is 0.101. The number of hydrogen-bond acceptors (Lipinski definition) is 11. The monoisotopic (exact) mass is 710 g/mol. The maximum Gasteiger partial charge on any atom is 0.276 e. The van der Waals surface area contributed by atoms with E-state index in [-0.39, 0.29) is 11.9 Å². The lowest BCUT2D eigenvalue weighted by Gasteiger charge is -2.29. The fourth-order valence-corrected chi connectivity index (χ4v) is 6.69. The van der Waals surface area contributed by atoms with E-state index >= 15 is 0 Å². The van der Waals surface area contributed by atoms with Gasteiger partial charge in [-0.1, -0.05) is 12.2 Å². The first-order chi connectivity index (χ1) is 25.3. The van der Waals surface area contributed by atoms with Gasteiger partial charge in [-0.25, -0.2) is 9.97 Å². The first-order valence-electron chi connectivity index (χ1n) is 17.6. The largest absolute Gasteiger partial charge is 0.494 e. The van der Waals surface area contributed by atoms with Crippen LogP contribution in [0.5, 0.6) is 11.5 Å². The number of amides is 1. The molecule has 274 valence electrons. The molecule has 0 unspecified atom stereocenters. The number of fused-ring (bicyclic) bond motifs is 2. The molecule has 5 aromatic rings. The molecule has 1 saturated heterocycles. The maximum absolute atomic E-state index is 13.5. The number of nitrogens with zero attached hydrogens (tertiary/aromatic N) is 7. The number of aromatic nitrogens is 6. The van der Waals surface area contributed by atoms with Gasteiger partial charge in [-0.3, -0.25) is 24.4 Å². The van der Waals surface area contributed by atoms with Crippen LogP contribution in [0.1, 0.15) is 63.1 Å². The Morgan fingerprint density at radius 3 is 2.17 bits per heavy atom. The van der Waals surface area contributed by atoms with Gasteiger partial charge < -0.3 is 34.6 Å². The maximum atomic E-state index is 13.5. The molecule has 1 fully saturated rings. The van der Waals surface area contributed by atoms with E-state index in [2.05, 4.69) is 20.6 Å². The zero-order chi connectivity index (χ0) is 36.8. The molecule has 0 bridgehead atoms. The van der Waals surface area contributed by atoms with Crippen LogP contribution in [0.3, 0.4) is 0 Å². The highest BCUT2D eigenvalue weighted by Gasteiger charge is 2.21. The molecule has 0 aliphatic carbocycles. The second-order valence-electron chi connectivity index (χ2n) is 12.8. The summed E-state index contributed by atoms with van der Waals surface area (Å²) in [6, 6.07) is 8.84. The number of hydrogen-bond donors (Lipinski definition) is 3. The number of methoxy groups -OCH3 is 1. The average molecular weight is 711 g/mol. The van der Waals surface area contributed by atoms with Crippen LogP contribution in [-0.2, 0) is 19.6 Å². The topological polar surface area (TPSA) is 176 Å². The number of aryl methyl sites for hydroxylation is 2. The molecule has 0 spiro atoms. The molecule has 4 N–H and O–H groups in total. The van der Waals surface area contributed by atoms with Crippen molar-refractivity contribution in [2.75, 3.05) is 51.0 Å². The van der Waals surface area contributed by atoms with Gasteiger partial charge >= 0.3 is 0 Å². The van der Waals surface area contributed by atoms with E-state index in [1.807, 2.05) is 35.1 Å². The summed E-state index contributed by atoms with van der Waals surface area (Å²) in [4.78, 5) is 48.9. The first-order valence-corrected chi connectivity index (χ1v) is 17.6. The fraction of sp³-hybridized carbons (Fsp3) is 0.405. The summed E-state index contributed by atoms with van der Waals surface area (Å²) in [7, 11) is 3.32. The summed E-state index contributed by atoms with van der Waals surface area (Å²) in [5, 5.41) is 10.5. The van der Waals surface area contributed by atoms with Gasteiger partial charge in [0.25, 0.3) is 5.91 Å². The Hall–Kier alpha value is -5.54. The lowest BCUT2D eigenvalue weighted by atomic mass is 10.1. The zero-order valence-electron chi connectivity index (χ0n) is 30.1. The van der Waals surface area contributed by atoms with Crippen LogP contribution in [0.25, 0.3) is 22.1 Å². The standard InChI is InChI=1S/C37H46N10O5/c1-5-47-30(17-24(2)43-47)35(50)42-37-41-28-18-25(22-48)20-31(51-4)33(28)46(37)13-7-6-12-45-34-29(40-36(45)39-3)19-26(23-49)21-32(34)52-16-8-11-44-14-9-27(38)10-15-44/h6-7,17-23,27H,5,8-16,38H2,1-4H3,(H,39,40)(H,41,42,50)/b7-6+. The van der Waals surface area contributed by atoms with Crippen LogP contribution in [0.4, 0.5) is 11.9 Å². The van der Waals surface area contributed by atoms with Crippen LogP contribution in [0.15, 0.2) is 42.5 Å². The van der Waals surface area contributed by atoms with E-state index in [9.17, 15) is 14.4 Å². The molecule has 0 saturated carbocycles. The fourth-order valence-electron chi connectivity index (χ4n) is 6.69. The van der Waals surface area contributed by atoms with E-state index in [1.54, 1.807) is 42.1 Å². The molecule has 6 rings (SSSR count). The average Bonchev–Trinajstić information content (AvgIpc) is 3.83. The molecular weight excluding hydrogens is 664 g/mol. The normalized spacial score (nSPS) is 14.0. The Bertz CT molecular complexity index is 2100. The number of nitrogens with two attached hydrogens (primary N) is 1. The summed E-state index contributed by atoms with van der Waals surface area (Å²) >= 11 is 0. The predicted octanol–water partition coefficient (Wildman–Crippen LogP) is 4.29. The molecular formula is C37H46N10O5. The van der Waals surface area contributed by atoms with Crippen LogP contribution >= 0.6 is 0 Å². The van der Waals surface area contributed by atoms with Crippen molar-refractivity contribution in [3.63, 3.8) is 0 Å². The summed E-state index contributed by atoms with van der Waals surface area (Å²) in [5.41, 5.74) is 10.6. The Morgan fingerprint density at radius 2 is 1.56 bits per heavy atom. The second kappa shape index (κ2) is 16.2. The third-order valence-corrected chi connectivity index (χ3v) is 9.28. The molecule has 4 heterocycles. The molecule has 15 heteroatoms. The van der Waals surface area contributed by atoms with Crippen LogP contribution in [0.2, 0.25) is 0 Å². The number of ether oxygens (including phenoxy) is 2. The van der Waals surface area contributed by atoms with Gasteiger partial charge in [0.1, 0.15) is 40.8 Å². The van der Waals surface area contributed by atoms with Gasteiger partial charge in [0, 0.05) is 50.4 Å². The van der Waals surface area contributed by atoms with Crippen LogP contribution < -0.4 is 25.8 Å². The van der Waals surface area contributed by atoms with Crippen LogP contribution in [-0.4, -0.2) is 98.7 Å². The summed E-state index contributed by atoms with van der Waals surface area (Å²) in [6.45, 7) is 8.42. The Balaban J connectivity index is 1.26. The number of piperidine rings is 1. The minimum absolute atomic E-state index is 0.288. The van der Waals surface area contributed by atoms with E-state index < -0.39 is 0 Å². The Kier molecular flexibility index (Phi) is 11.3. The molecule has 3 aromatic heterocycles. The van der Waals surface area contributed by atoms with Gasteiger partial charge in [-0.2, -0.15) is 5.10 Å². The Morgan fingerprint density at radius 1 is 0.942 bits per heavy atom. The number of imidazole rings is 2. The number of benzene rings is 2. The summed E-state index contributed by atoms with van der Waals surface area (Å²) in [5.74, 6) is 1.59. The number of aldehydes is 2. The van der Waals surface area contributed by atoms with Gasteiger partial charge in [0.2, 0.25) is 11.9 Å². The van der Waals surface area contributed by atoms with Crippen molar-refractivity contribution in [3.8, 4) is 11.5 Å². The summed E-state index contributed by atoms with van der Waals surface area (Å²) in [6.07, 6.45) is 8.34. The first kappa shape index (κ1) is 36.3. The Labute approximate surface area is 301 Å². The molecule has 52 heavy (non-hydrogen) atoms. The molecule has 2 aromatic carbocycles. The smallest absolute Gasteiger partial charge is 0.276 e. The number of anilines is 2.